The standard InChI is InChI=1S/C60H40N4O/c1-4-16-39(17-5-1)52-38-53(62-60(61-52)40-18-6-2-7-19-40)42-20-14-23-46(35-42)64-54-33-32-41(47-26-15-27-50-49-25-11-13-29-58(49)65-59(47)50)34-43(54)30-31-44-36-57-51(37-56(44)64)48-24-10-12-28-55(48)63(57)45-21-8-3-9-22-45/h1-38,60,62H. The van der Waals surface area contributed by atoms with Gasteiger partial charge < -0.3 is 19.2 Å². The summed E-state index contributed by atoms with van der Waals surface area (Å²) in [6.07, 6.45) is 6.50. The summed E-state index contributed by atoms with van der Waals surface area (Å²) in [5.74, 6) is 0. The van der Waals surface area contributed by atoms with Gasteiger partial charge in [0.05, 0.1) is 28.1 Å². The molecule has 1 N–H and O–H groups in total. The SMILES string of the molecule is C1=Cc2cc3c(cc2N(c2cccc(C4=CC(c5ccccc5)=NC(c5ccccc5)N4)c2)c2ccc(-c4cccc5c4oc4ccccc45)cc21)c1ccccc1n3-c1ccccc1. The second-order valence-electron chi connectivity index (χ2n) is 16.8. The van der Waals surface area contributed by atoms with Crippen LogP contribution >= 0.6 is 0 Å². The largest absolute Gasteiger partial charge is 0.455 e. The van der Waals surface area contributed by atoms with Crippen molar-refractivity contribution >= 4 is 84.4 Å². The minimum absolute atomic E-state index is 0.247. The molecule has 0 bridgehead atoms. The molecule has 1 atom stereocenters. The van der Waals surface area contributed by atoms with Crippen LogP contribution in [-0.2, 0) is 0 Å². The Balaban J connectivity index is 1.01. The van der Waals surface area contributed by atoms with Gasteiger partial charge in [0.1, 0.15) is 17.3 Å². The van der Waals surface area contributed by atoms with E-state index >= 15 is 0 Å². The molecule has 5 heteroatoms. The fourth-order valence-corrected chi connectivity index (χ4v) is 9.90. The highest BCUT2D eigenvalue weighted by Gasteiger charge is 2.26. The van der Waals surface area contributed by atoms with Gasteiger partial charge in [0, 0.05) is 49.7 Å². The van der Waals surface area contributed by atoms with Crippen LogP contribution in [0.25, 0.3) is 78.4 Å². The molecule has 2 aromatic heterocycles. The lowest BCUT2D eigenvalue weighted by Crippen LogP contribution is -2.25. The van der Waals surface area contributed by atoms with E-state index in [0.29, 0.717) is 0 Å². The lowest BCUT2D eigenvalue weighted by molar-refractivity contribution is 0.664. The lowest BCUT2D eigenvalue weighted by atomic mass is 9.98. The number of anilines is 3. The molecular weight excluding hydrogens is 793 g/mol. The van der Waals surface area contributed by atoms with Crippen LogP contribution in [0.15, 0.2) is 228 Å². The smallest absolute Gasteiger partial charge is 0.145 e. The van der Waals surface area contributed by atoms with Crippen molar-refractivity contribution in [2.45, 2.75) is 6.17 Å². The molecule has 0 spiro atoms. The Morgan fingerprint density at radius 2 is 1.14 bits per heavy atom. The van der Waals surface area contributed by atoms with Crippen molar-refractivity contribution in [3.05, 3.63) is 246 Å². The zero-order chi connectivity index (χ0) is 42.8. The molecule has 0 aliphatic carbocycles. The maximum absolute atomic E-state index is 6.56. The summed E-state index contributed by atoms with van der Waals surface area (Å²) in [6.45, 7) is 0. The third-order valence-corrected chi connectivity index (χ3v) is 12.9. The number of nitrogens with one attached hydrogen (secondary N) is 1. The van der Waals surface area contributed by atoms with E-state index in [2.05, 4.69) is 233 Å². The molecule has 0 fully saturated rings. The Bertz CT molecular complexity index is 3750. The van der Waals surface area contributed by atoms with Crippen molar-refractivity contribution in [1.82, 2.24) is 9.88 Å². The number of hydrogen-bond donors (Lipinski definition) is 1. The minimum Gasteiger partial charge on any atom is -0.455 e. The Kier molecular flexibility index (Phi) is 8.53. The van der Waals surface area contributed by atoms with Gasteiger partial charge in [-0.25, -0.2) is 0 Å². The van der Waals surface area contributed by atoms with Gasteiger partial charge in [-0.05, 0) is 94.6 Å². The second-order valence-corrected chi connectivity index (χ2v) is 16.8. The van der Waals surface area contributed by atoms with Crippen LogP contribution in [0.5, 0.6) is 0 Å². The Morgan fingerprint density at radius 3 is 1.98 bits per heavy atom. The molecule has 2 aliphatic rings. The minimum atomic E-state index is -0.247. The van der Waals surface area contributed by atoms with Crippen molar-refractivity contribution in [2.75, 3.05) is 4.90 Å². The molecule has 0 radical (unpaired) electrons. The summed E-state index contributed by atoms with van der Waals surface area (Å²) in [7, 11) is 0. The van der Waals surface area contributed by atoms with E-state index in [1.807, 2.05) is 12.1 Å². The monoisotopic (exact) mass is 832 g/mol. The van der Waals surface area contributed by atoms with Crippen molar-refractivity contribution in [3.8, 4) is 16.8 Å². The predicted molar refractivity (Wildman–Crippen MR) is 270 cm³/mol. The average Bonchev–Trinajstić information content (AvgIpc) is 3.87. The van der Waals surface area contributed by atoms with E-state index < -0.39 is 0 Å². The molecule has 0 saturated carbocycles. The van der Waals surface area contributed by atoms with Crippen LogP contribution in [0.2, 0.25) is 0 Å². The van der Waals surface area contributed by atoms with E-state index in [4.69, 9.17) is 9.41 Å². The van der Waals surface area contributed by atoms with E-state index in [1.165, 1.54) is 16.3 Å². The predicted octanol–water partition coefficient (Wildman–Crippen LogP) is 15.4. The third kappa shape index (κ3) is 6.20. The summed E-state index contributed by atoms with van der Waals surface area (Å²) in [6, 6.07) is 75.6. The Morgan fingerprint density at radius 1 is 0.462 bits per heavy atom. The fraction of sp³-hybridized carbons (Fsp3) is 0.0167. The number of para-hydroxylation sites is 4. The highest BCUT2D eigenvalue weighted by Crippen LogP contribution is 2.47. The highest BCUT2D eigenvalue weighted by atomic mass is 16.3. The van der Waals surface area contributed by atoms with E-state index in [9.17, 15) is 0 Å². The number of furan rings is 1. The molecule has 2 aliphatic heterocycles. The fourth-order valence-electron chi connectivity index (χ4n) is 9.90. The van der Waals surface area contributed by atoms with Crippen molar-refractivity contribution in [1.29, 1.82) is 0 Å². The maximum Gasteiger partial charge on any atom is 0.145 e. The normalized spacial score (nSPS) is 14.5. The quantitative estimate of drug-likeness (QED) is 0.182. The summed E-state index contributed by atoms with van der Waals surface area (Å²) in [4.78, 5) is 7.67. The molecule has 306 valence electrons. The first-order chi connectivity index (χ1) is 32.2. The second kappa shape index (κ2) is 15.0. The number of nitrogens with zero attached hydrogens (tertiary/aromatic N) is 3. The Labute approximate surface area is 376 Å². The summed E-state index contributed by atoms with van der Waals surface area (Å²) >= 11 is 0. The number of aromatic nitrogens is 1. The lowest BCUT2D eigenvalue weighted by Gasteiger charge is -2.29. The first-order valence-corrected chi connectivity index (χ1v) is 22.1. The van der Waals surface area contributed by atoms with Gasteiger partial charge >= 0.3 is 0 Å². The van der Waals surface area contributed by atoms with Gasteiger partial charge in [-0.1, -0.05) is 164 Å². The summed E-state index contributed by atoms with van der Waals surface area (Å²) < 4.78 is 8.95. The van der Waals surface area contributed by atoms with Crippen LogP contribution in [0, 0.1) is 0 Å². The maximum atomic E-state index is 6.56. The molecule has 1 unspecified atom stereocenters. The molecule has 0 saturated heterocycles. The van der Waals surface area contributed by atoms with E-state index in [0.717, 1.165) is 101 Å². The topological polar surface area (TPSA) is 45.7 Å². The van der Waals surface area contributed by atoms with Crippen molar-refractivity contribution in [2.24, 2.45) is 4.99 Å². The highest BCUT2D eigenvalue weighted by molar-refractivity contribution is 6.15. The molecule has 5 nitrogen and oxygen atoms in total. The number of hydrogen-bond acceptors (Lipinski definition) is 4. The Hall–Kier alpha value is -8.67. The molecular formula is C60H40N4O. The molecule has 9 aromatic carbocycles. The average molecular weight is 833 g/mol. The van der Waals surface area contributed by atoms with E-state index in [1.54, 1.807) is 0 Å². The molecule has 11 aromatic rings. The van der Waals surface area contributed by atoms with Crippen LogP contribution in [-0.4, -0.2) is 10.3 Å². The number of benzene rings is 9. The van der Waals surface area contributed by atoms with Gasteiger partial charge in [-0.2, -0.15) is 0 Å². The molecule has 4 heterocycles. The van der Waals surface area contributed by atoms with Crippen LogP contribution in [0.3, 0.4) is 0 Å². The van der Waals surface area contributed by atoms with Gasteiger partial charge in [0.25, 0.3) is 0 Å². The summed E-state index contributed by atoms with van der Waals surface area (Å²) in [5, 5.41) is 8.46. The zero-order valence-corrected chi connectivity index (χ0v) is 35.3. The van der Waals surface area contributed by atoms with Gasteiger partial charge in [0.15, 0.2) is 0 Å². The van der Waals surface area contributed by atoms with Crippen LogP contribution in [0.1, 0.15) is 34.0 Å². The first kappa shape index (κ1) is 36.9. The molecule has 0 amide bonds. The summed E-state index contributed by atoms with van der Waals surface area (Å²) in [5.41, 5.74) is 18.1. The van der Waals surface area contributed by atoms with Gasteiger partial charge in [-0.3, -0.25) is 4.99 Å². The van der Waals surface area contributed by atoms with Gasteiger partial charge in [0.2, 0.25) is 0 Å². The van der Waals surface area contributed by atoms with Crippen molar-refractivity contribution < 1.29 is 4.42 Å². The third-order valence-electron chi connectivity index (χ3n) is 12.9. The van der Waals surface area contributed by atoms with E-state index in [-0.39, 0.29) is 6.17 Å². The number of aliphatic imine (C=N–C) groups is 1. The molecule has 13 rings (SSSR count). The first-order valence-electron chi connectivity index (χ1n) is 22.1. The van der Waals surface area contributed by atoms with Crippen LogP contribution in [0.4, 0.5) is 17.1 Å². The zero-order valence-electron chi connectivity index (χ0n) is 35.3. The molecule has 65 heavy (non-hydrogen) atoms. The van der Waals surface area contributed by atoms with Gasteiger partial charge in [-0.15, -0.1) is 0 Å². The van der Waals surface area contributed by atoms with Crippen molar-refractivity contribution in [3.63, 3.8) is 0 Å². The number of fused-ring (bicyclic) bond motifs is 8. The number of rotatable bonds is 6. The van der Waals surface area contributed by atoms with Crippen LogP contribution < -0.4 is 10.2 Å². The number of allylic oxidation sites excluding steroid dienone is 1.